The van der Waals surface area contributed by atoms with Gasteiger partial charge in [-0.05, 0) is 66.4 Å². The van der Waals surface area contributed by atoms with Gasteiger partial charge in [0.2, 0.25) is 0 Å². The molecule has 0 aliphatic carbocycles. The highest BCUT2D eigenvalue weighted by molar-refractivity contribution is 7.86. The normalized spacial score (nSPS) is 12.0. The molecule has 0 N–H and O–H groups in total. The van der Waals surface area contributed by atoms with Crippen molar-refractivity contribution in [1.29, 1.82) is 0 Å². The molecule has 0 saturated heterocycles. The number of hydrogen-bond acceptors (Lipinski definition) is 4. The second kappa shape index (κ2) is 13.7. The fourth-order valence-corrected chi connectivity index (χ4v) is 6.43. The van der Waals surface area contributed by atoms with E-state index in [1.165, 1.54) is 36.4 Å². The summed E-state index contributed by atoms with van der Waals surface area (Å²) in [5.74, 6) is -0.399. The molecule has 48 heavy (non-hydrogen) atoms. The van der Waals surface area contributed by atoms with Crippen LogP contribution in [0.3, 0.4) is 0 Å². The third-order valence-electron chi connectivity index (χ3n) is 8.01. The van der Waals surface area contributed by atoms with Gasteiger partial charge in [0, 0.05) is 17.5 Å². The van der Waals surface area contributed by atoms with Gasteiger partial charge in [-0.3, -0.25) is 4.18 Å². The third kappa shape index (κ3) is 7.30. The Bertz CT molecular complexity index is 2140. The predicted molar refractivity (Wildman–Crippen MR) is 177 cm³/mol. The minimum atomic E-state index is -4.70. The predicted octanol–water partition coefficient (Wildman–Crippen LogP) is 9.35. The van der Waals surface area contributed by atoms with Gasteiger partial charge in [-0.2, -0.15) is 21.6 Å². The zero-order chi connectivity index (χ0) is 33.9. The fraction of sp³-hybridized carbons (Fsp3) is 0.158. The van der Waals surface area contributed by atoms with Gasteiger partial charge >= 0.3 is 6.18 Å². The van der Waals surface area contributed by atoms with Gasteiger partial charge in [0.15, 0.2) is 5.82 Å². The van der Waals surface area contributed by atoms with Crippen molar-refractivity contribution in [2.75, 3.05) is 6.61 Å². The second-order valence-electron chi connectivity index (χ2n) is 11.4. The number of benzene rings is 5. The maximum atomic E-state index is 16.3. The zero-order valence-corrected chi connectivity index (χ0v) is 26.7. The minimum Gasteiger partial charge on any atom is -0.489 e. The molecule has 1 heterocycles. The summed E-state index contributed by atoms with van der Waals surface area (Å²) in [6, 6.07) is 32.7. The molecule has 0 spiro atoms. The third-order valence-corrected chi connectivity index (χ3v) is 9.34. The highest BCUT2D eigenvalue weighted by atomic mass is 32.2. The Morgan fingerprint density at radius 2 is 1.42 bits per heavy atom. The molecule has 1 aromatic heterocycles. The van der Waals surface area contributed by atoms with E-state index in [1.54, 1.807) is 53.1 Å². The number of hydrogen-bond donors (Lipinski definition) is 0. The lowest BCUT2D eigenvalue weighted by Crippen LogP contribution is -2.10. The van der Waals surface area contributed by atoms with Crippen LogP contribution in [0.5, 0.6) is 5.75 Å². The average molecular weight is 674 g/mol. The largest absolute Gasteiger partial charge is 0.489 e. The monoisotopic (exact) mass is 673 g/mol. The second-order valence-corrected chi connectivity index (χ2v) is 13.0. The van der Waals surface area contributed by atoms with Crippen LogP contribution in [0.1, 0.15) is 27.8 Å². The summed E-state index contributed by atoms with van der Waals surface area (Å²) >= 11 is 0. The number of rotatable bonds is 11. The first-order valence-corrected chi connectivity index (χ1v) is 16.6. The van der Waals surface area contributed by atoms with Gasteiger partial charge in [-0.15, -0.1) is 0 Å². The number of ether oxygens (including phenoxy) is 1. The fourth-order valence-electron chi connectivity index (χ4n) is 5.52. The molecule has 5 nitrogen and oxygen atoms in total. The molecule has 0 radical (unpaired) electrons. The molecule has 0 unspecified atom stereocenters. The quantitative estimate of drug-likeness (QED) is 0.102. The number of aryl methyl sites for hydroxylation is 1. The van der Waals surface area contributed by atoms with Crippen LogP contribution in [0.25, 0.3) is 22.2 Å². The van der Waals surface area contributed by atoms with E-state index in [-0.39, 0.29) is 41.3 Å². The lowest BCUT2D eigenvalue weighted by atomic mass is 10.0. The maximum absolute atomic E-state index is 16.3. The van der Waals surface area contributed by atoms with Crippen LogP contribution in [0.15, 0.2) is 126 Å². The summed E-state index contributed by atoms with van der Waals surface area (Å²) in [5, 5.41) is 0.135. The Hall–Kier alpha value is -4.93. The Kier molecular flexibility index (Phi) is 9.39. The van der Waals surface area contributed by atoms with E-state index < -0.39 is 27.7 Å². The first-order chi connectivity index (χ1) is 23.0. The van der Waals surface area contributed by atoms with Crippen molar-refractivity contribution in [2.24, 2.45) is 0 Å². The first kappa shape index (κ1) is 33.0. The number of nitrogens with zero attached hydrogens (tertiary/aromatic N) is 1. The molecule has 0 amide bonds. The molecule has 5 aromatic carbocycles. The van der Waals surface area contributed by atoms with Crippen LogP contribution in [0.4, 0.5) is 17.6 Å². The summed E-state index contributed by atoms with van der Waals surface area (Å²) in [6.07, 6.45) is -4.40. The highest BCUT2D eigenvalue weighted by Gasteiger charge is 2.35. The molecule has 0 saturated carbocycles. The standard InChI is InChI=1S/C38H31F4NO4S/c1-26-11-18-31(19-12-26)48(44,45)47-22-21-27-13-15-28(16-14-27)24-43-35-20-17-30(46-25-29-7-3-2-4-8-29)23-33(35)36(39)37(43)32-9-5-6-10-34(32)38(40,41)42/h2-20,23H,21-22,24-25H2,1H3. The molecule has 6 aromatic rings. The molecular weight excluding hydrogens is 642 g/mol. The van der Waals surface area contributed by atoms with E-state index >= 15 is 4.39 Å². The molecule has 0 bridgehead atoms. The summed E-state index contributed by atoms with van der Waals surface area (Å²) < 4.78 is 96.4. The first-order valence-electron chi connectivity index (χ1n) is 15.2. The van der Waals surface area contributed by atoms with E-state index in [9.17, 15) is 21.6 Å². The highest BCUT2D eigenvalue weighted by Crippen LogP contribution is 2.41. The van der Waals surface area contributed by atoms with E-state index in [0.717, 1.165) is 22.8 Å². The van der Waals surface area contributed by atoms with Crippen LogP contribution in [0, 0.1) is 12.7 Å². The molecule has 246 valence electrons. The lowest BCUT2D eigenvalue weighted by Gasteiger charge is -2.16. The van der Waals surface area contributed by atoms with E-state index in [0.29, 0.717) is 23.3 Å². The Balaban J connectivity index is 1.28. The van der Waals surface area contributed by atoms with Crippen molar-refractivity contribution in [1.82, 2.24) is 4.57 Å². The van der Waals surface area contributed by atoms with Gasteiger partial charge in [0.25, 0.3) is 10.1 Å². The smallest absolute Gasteiger partial charge is 0.417 e. The summed E-state index contributed by atoms with van der Waals surface area (Å²) in [4.78, 5) is 0.0763. The van der Waals surface area contributed by atoms with Crippen molar-refractivity contribution in [3.8, 4) is 17.0 Å². The van der Waals surface area contributed by atoms with Crippen LogP contribution >= 0.6 is 0 Å². The molecular formula is C38H31F4NO4S. The van der Waals surface area contributed by atoms with E-state index in [4.69, 9.17) is 8.92 Å². The van der Waals surface area contributed by atoms with Gasteiger partial charge < -0.3 is 9.30 Å². The van der Waals surface area contributed by atoms with Crippen molar-refractivity contribution in [2.45, 2.75) is 37.6 Å². The molecule has 0 fully saturated rings. The Morgan fingerprint density at radius 3 is 2.12 bits per heavy atom. The van der Waals surface area contributed by atoms with E-state index in [1.807, 2.05) is 37.3 Å². The number of fused-ring (bicyclic) bond motifs is 1. The van der Waals surface area contributed by atoms with Gasteiger partial charge in [-0.25, -0.2) is 4.39 Å². The van der Waals surface area contributed by atoms with Crippen LogP contribution in [0.2, 0.25) is 0 Å². The molecule has 6 rings (SSSR count). The average Bonchev–Trinajstić information content (AvgIpc) is 3.34. The van der Waals surface area contributed by atoms with Crippen LogP contribution in [-0.2, 0) is 40.0 Å². The number of halogens is 4. The van der Waals surface area contributed by atoms with Crippen LogP contribution < -0.4 is 4.74 Å². The van der Waals surface area contributed by atoms with E-state index in [2.05, 4.69) is 0 Å². The van der Waals surface area contributed by atoms with Gasteiger partial charge in [0.1, 0.15) is 12.4 Å². The number of alkyl halides is 3. The molecule has 0 atom stereocenters. The topological polar surface area (TPSA) is 57.5 Å². The molecule has 0 aliphatic heterocycles. The summed E-state index contributed by atoms with van der Waals surface area (Å²) in [6.45, 7) is 2.10. The van der Waals surface area contributed by atoms with Crippen molar-refractivity contribution < 1.29 is 34.9 Å². The van der Waals surface area contributed by atoms with Crippen molar-refractivity contribution >= 4 is 21.0 Å². The number of aromatic nitrogens is 1. The minimum absolute atomic E-state index is 0.0734. The van der Waals surface area contributed by atoms with Crippen molar-refractivity contribution in [3.05, 3.63) is 155 Å². The van der Waals surface area contributed by atoms with Gasteiger partial charge in [-0.1, -0.05) is 90.5 Å². The molecule has 10 heteroatoms. The summed E-state index contributed by atoms with van der Waals surface area (Å²) in [7, 11) is -3.91. The maximum Gasteiger partial charge on any atom is 0.417 e. The SMILES string of the molecule is Cc1ccc(S(=O)(=O)OCCc2ccc(Cn3c(-c4ccccc4C(F)(F)F)c(F)c4cc(OCc5ccccc5)ccc43)cc2)cc1. The Labute approximate surface area is 276 Å². The Morgan fingerprint density at radius 1 is 0.750 bits per heavy atom. The van der Waals surface area contributed by atoms with Crippen molar-refractivity contribution in [3.63, 3.8) is 0 Å². The van der Waals surface area contributed by atoms with Crippen LogP contribution in [-0.4, -0.2) is 19.6 Å². The summed E-state index contributed by atoms with van der Waals surface area (Å²) in [5.41, 5.74) is 2.36. The molecule has 0 aliphatic rings. The van der Waals surface area contributed by atoms with Gasteiger partial charge in [0.05, 0.1) is 28.3 Å². The lowest BCUT2D eigenvalue weighted by molar-refractivity contribution is -0.137. The zero-order valence-electron chi connectivity index (χ0n) is 25.9.